The summed E-state index contributed by atoms with van der Waals surface area (Å²) in [5, 5.41) is 27.5. The number of benzene rings is 1. The van der Waals surface area contributed by atoms with Crippen LogP contribution in [0.15, 0.2) is 35.5 Å². The summed E-state index contributed by atoms with van der Waals surface area (Å²) in [6, 6.07) is 7.52. The van der Waals surface area contributed by atoms with Gasteiger partial charge in [-0.3, -0.25) is 0 Å². The Hall–Kier alpha value is -2.23. The van der Waals surface area contributed by atoms with E-state index in [4.69, 9.17) is 0 Å². The van der Waals surface area contributed by atoms with E-state index in [0.717, 1.165) is 50.0 Å². The average Bonchev–Trinajstić information content (AvgIpc) is 3.45. The number of rotatable bonds is 7. The molecule has 0 spiro atoms. The number of hydrogen-bond acceptors (Lipinski definition) is 7. The first-order valence-corrected chi connectivity index (χ1v) is 21.2. The lowest BCUT2D eigenvalue weighted by atomic mass is 9.33. The van der Waals surface area contributed by atoms with Crippen LogP contribution >= 0.6 is 0 Å². The fourth-order valence-electron chi connectivity index (χ4n) is 13.8. The summed E-state index contributed by atoms with van der Waals surface area (Å²) in [5.74, 6) is 2.05. The average molecular weight is 708 g/mol. The molecule has 50 heavy (non-hydrogen) atoms. The lowest BCUT2D eigenvalue weighted by Crippen LogP contribution is -2.68. The molecule has 1 heterocycles. The second-order valence-corrected chi connectivity index (χ2v) is 20.9. The SMILES string of the molecule is CC(=NO)[C@@H]1CC[C@]2(NCCN3CCS(=O)(=O)CC3)CC[C@]3(C)[C@H](CC[C@@H]4[C@@]5(C)CC=C(c6ccc(C(=O)O)cc6)C(C)(C)[C@@H]5CC[C@]43C)[C@@H]12. The van der Waals surface area contributed by atoms with Crippen LogP contribution in [0.3, 0.4) is 0 Å². The van der Waals surface area contributed by atoms with Crippen LogP contribution in [0.25, 0.3) is 5.57 Å². The summed E-state index contributed by atoms with van der Waals surface area (Å²) in [6.07, 6.45) is 12.9. The minimum Gasteiger partial charge on any atom is -0.478 e. The molecule has 1 aliphatic heterocycles. The Labute approximate surface area is 300 Å². The van der Waals surface area contributed by atoms with Crippen LogP contribution in [-0.2, 0) is 9.84 Å². The zero-order valence-corrected chi connectivity index (χ0v) is 32.1. The quantitative estimate of drug-likeness (QED) is 0.154. The molecule has 1 aromatic carbocycles. The second-order valence-electron chi connectivity index (χ2n) is 18.6. The van der Waals surface area contributed by atoms with E-state index in [9.17, 15) is 23.5 Å². The molecule has 5 fully saturated rings. The first-order valence-electron chi connectivity index (χ1n) is 19.4. The second kappa shape index (κ2) is 12.4. The Morgan fingerprint density at radius 1 is 0.920 bits per heavy atom. The molecule has 0 aromatic heterocycles. The van der Waals surface area contributed by atoms with Crippen LogP contribution in [0.5, 0.6) is 0 Å². The van der Waals surface area contributed by atoms with Crippen LogP contribution < -0.4 is 5.32 Å². The standard InChI is InChI=1S/C41H61N3O5S/c1-27(43-47)30-13-18-41(42-21-22-44-23-25-50(48,49)26-24-44)20-19-39(5)32(35(30)41)11-12-34-38(4)16-14-31(28-7-9-29(10-8-28)36(45)46)37(2,3)33(38)15-17-40(34,39)6/h7-10,14,30,32-35,42,47H,11-13,15-26H2,1-6H3,(H,45,46)/t30-,32+,33-,34+,35+,38-,39+,40+,41-/m0/s1. The van der Waals surface area contributed by atoms with Crippen LogP contribution in [0.4, 0.5) is 0 Å². The number of sulfone groups is 1. The van der Waals surface area contributed by atoms with E-state index in [-0.39, 0.29) is 44.6 Å². The Kier molecular flexibility index (Phi) is 8.99. The molecule has 6 aliphatic rings. The number of hydrogen-bond donors (Lipinski definition) is 3. The Morgan fingerprint density at radius 3 is 2.28 bits per heavy atom. The fraction of sp³-hybridized carbons (Fsp3) is 0.756. The van der Waals surface area contributed by atoms with Crippen molar-refractivity contribution in [1.82, 2.24) is 10.2 Å². The van der Waals surface area contributed by atoms with Gasteiger partial charge in [0.05, 0.1) is 22.8 Å². The highest BCUT2D eigenvalue weighted by atomic mass is 32.2. The molecular weight excluding hydrogens is 647 g/mol. The molecule has 0 amide bonds. The number of nitrogens with one attached hydrogen (secondary N) is 1. The molecule has 4 saturated carbocycles. The third-order valence-corrected chi connectivity index (χ3v) is 18.1. The molecule has 9 atom stereocenters. The van der Waals surface area contributed by atoms with Gasteiger partial charge in [0.15, 0.2) is 9.84 Å². The Bertz CT molecular complexity index is 1660. The number of carboxylic acid groups (broad SMARTS) is 1. The molecule has 0 radical (unpaired) electrons. The van der Waals surface area contributed by atoms with Gasteiger partial charge in [-0.25, -0.2) is 13.2 Å². The number of nitrogens with zero attached hydrogens (tertiary/aromatic N) is 2. The van der Waals surface area contributed by atoms with Crippen molar-refractivity contribution in [3.05, 3.63) is 41.5 Å². The van der Waals surface area contributed by atoms with Crippen LogP contribution in [0, 0.1) is 51.2 Å². The number of aromatic carboxylic acids is 1. The van der Waals surface area contributed by atoms with E-state index in [1.807, 2.05) is 19.1 Å². The van der Waals surface area contributed by atoms with Crippen LogP contribution in [-0.4, -0.2) is 78.5 Å². The molecule has 8 nitrogen and oxygen atoms in total. The third kappa shape index (κ3) is 5.45. The maximum Gasteiger partial charge on any atom is 0.335 e. The molecule has 5 aliphatic carbocycles. The highest BCUT2D eigenvalue weighted by Gasteiger charge is 2.70. The number of allylic oxidation sites excluding steroid dienone is 2. The van der Waals surface area contributed by atoms with Gasteiger partial charge < -0.3 is 20.5 Å². The van der Waals surface area contributed by atoms with E-state index in [1.54, 1.807) is 12.1 Å². The summed E-state index contributed by atoms with van der Waals surface area (Å²) >= 11 is 0. The predicted molar refractivity (Wildman–Crippen MR) is 199 cm³/mol. The van der Waals surface area contributed by atoms with Gasteiger partial charge in [-0.1, -0.05) is 58.0 Å². The molecular formula is C41H61N3O5S. The van der Waals surface area contributed by atoms with Gasteiger partial charge in [-0.15, -0.1) is 0 Å². The first-order chi connectivity index (χ1) is 23.5. The highest BCUT2D eigenvalue weighted by molar-refractivity contribution is 7.91. The molecule has 0 unspecified atom stereocenters. The number of fused-ring (bicyclic) bond motifs is 7. The van der Waals surface area contributed by atoms with Gasteiger partial charge in [0, 0.05) is 37.6 Å². The van der Waals surface area contributed by atoms with Crippen LogP contribution in [0.1, 0.15) is 115 Å². The molecule has 1 aromatic rings. The number of oxime groups is 1. The maximum absolute atomic E-state index is 12.0. The van der Waals surface area contributed by atoms with Gasteiger partial charge in [-0.05, 0) is 133 Å². The highest BCUT2D eigenvalue weighted by Crippen LogP contribution is 2.76. The number of carbonyl (C=O) groups is 1. The van der Waals surface area contributed by atoms with E-state index in [0.29, 0.717) is 42.3 Å². The summed E-state index contributed by atoms with van der Waals surface area (Å²) < 4.78 is 24.0. The van der Waals surface area contributed by atoms with Gasteiger partial charge in [0.2, 0.25) is 0 Å². The molecule has 9 heteroatoms. The molecule has 7 rings (SSSR count). The smallest absolute Gasteiger partial charge is 0.335 e. The van der Waals surface area contributed by atoms with Gasteiger partial charge >= 0.3 is 5.97 Å². The molecule has 1 saturated heterocycles. The predicted octanol–water partition coefficient (Wildman–Crippen LogP) is 7.38. The summed E-state index contributed by atoms with van der Waals surface area (Å²) in [7, 11) is -2.89. The zero-order chi connectivity index (χ0) is 35.9. The first kappa shape index (κ1) is 36.1. The monoisotopic (exact) mass is 707 g/mol. The van der Waals surface area contributed by atoms with Crippen molar-refractivity contribution in [3.63, 3.8) is 0 Å². The van der Waals surface area contributed by atoms with Gasteiger partial charge in [-0.2, -0.15) is 0 Å². The van der Waals surface area contributed by atoms with Gasteiger partial charge in [0.25, 0.3) is 0 Å². The summed E-state index contributed by atoms with van der Waals surface area (Å²) in [6.45, 7) is 17.8. The van der Waals surface area contributed by atoms with Crippen molar-refractivity contribution in [3.8, 4) is 0 Å². The van der Waals surface area contributed by atoms with E-state index in [2.05, 4.69) is 56.1 Å². The van der Waals surface area contributed by atoms with E-state index < -0.39 is 15.8 Å². The fourth-order valence-corrected chi connectivity index (χ4v) is 15.0. The van der Waals surface area contributed by atoms with E-state index in [1.165, 1.54) is 37.7 Å². The normalized spacial score (nSPS) is 42.4. The Balaban J connectivity index is 1.16. The lowest BCUT2D eigenvalue weighted by Gasteiger charge is -2.72. The van der Waals surface area contributed by atoms with E-state index >= 15 is 0 Å². The van der Waals surface area contributed by atoms with Crippen molar-refractivity contribution in [1.29, 1.82) is 0 Å². The molecule has 0 bridgehead atoms. The van der Waals surface area contributed by atoms with Crippen molar-refractivity contribution < 1.29 is 23.5 Å². The van der Waals surface area contributed by atoms with Crippen LogP contribution in [0.2, 0.25) is 0 Å². The zero-order valence-electron chi connectivity index (χ0n) is 31.3. The number of carboxylic acids is 1. The largest absolute Gasteiger partial charge is 0.478 e. The Morgan fingerprint density at radius 2 is 1.62 bits per heavy atom. The topological polar surface area (TPSA) is 119 Å². The molecule has 3 N–H and O–H groups in total. The minimum atomic E-state index is -2.89. The minimum absolute atomic E-state index is 0.0214. The van der Waals surface area contributed by atoms with Gasteiger partial charge in [0.1, 0.15) is 0 Å². The third-order valence-electron chi connectivity index (χ3n) is 16.5. The van der Waals surface area contributed by atoms with Crippen molar-refractivity contribution in [2.24, 2.45) is 56.4 Å². The molecule has 276 valence electrons. The maximum atomic E-state index is 12.0. The summed E-state index contributed by atoms with van der Waals surface area (Å²) in [4.78, 5) is 13.9. The summed E-state index contributed by atoms with van der Waals surface area (Å²) in [5.41, 5.74) is 4.31. The van der Waals surface area contributed by atoms with Crippen molar-refractivity contribution >= 4 is 27.1 Å². The van der Waals surface area contributed by atoms with Crippen molar-refractivity contribution in [2.75, 3.05) is 37.7 Å². The van der Waals surface area contributed by atoms with Crippen molar-refractivity contribution in [2.45, 2.75) is 105 Å². The lowest BCUT2D eigenvalue weighted by molar-refractivity contribution is -0.218.